The molecule has 6 heteroatoms. The van der Waals surface area contributed by atoms with Gasteiger partial charge in [-0.15, -0.1) is 0 Å². The van der Waals surface area contributed by atoms with Gasteiger partial charge in [0.25, 0.3) is 5.91 Å². The van der Waals surface area contributed by atoms with E-state index in [0.29, 0.717) is 13.1 Å². The molecule has 0 unspecified atom stereocenters. The maximum absolute atomic E-state index is 12.7. The van der Waals surface area contributed by atoms with Crippen LogP contribution in [-0.2, 0) is 4.79 Å². The summed E-state index contributed by atoms with van der Waals surface area (Å²) >= 11 is 6.26. The third kappa shape index (κ3) is 4.96. The van der Waals surface area contributed by atoms with Crippen molar-refractivity contribution in [3.05, 3.63) is 52.5 Å². The molecule has 0 spiro atoms. The molecular weight excluding hydrogens is 388 g/mol. The minimum Gasteiger partial charge on any atom is -0.495 e. The molecule has 0 N–H and O–H groups in total. The Balaban J connectivity index is 1.59. The Labute approximate surface area is 178 Å². The van der Waals surface area contributed by atoms with Gasteiger partial charge < -0.3 is 19.3 Å². The van der Waals surface area contributed by atoms with E-state index in [4.69, 9.17) is 21.1 Å². The van der Waals surface area contributed by atoms with Crippen LogP contribution in [0.25, 0.3) is 0 Å². The van der Waals surface area contributed by atoms with E-state index in [1.54, 1.807) is 7.11 Å². The number of hydrogen-bond acceptors (Lipinski definition) is 4. The third-order valence-electron chi connectivity index (χ3n) is 5.32. The first-order chi connectivity index (χ1) is 13.9. The lowest BCUT2D eigenvalue weighted by atomic mass is 10.0. The van der Waals surface area contributed by atoms with E-state index < -0.39 is 0 Å². The highest BCUT2D eigenvalue weighted by Crippen LogP contribution is 2.32. The maximum Gasteiger partial charge on any atom is 0.260 e. The number of anilines is 1. The van der Waals surface area contributed by atoms with Crippen LogP contribution in [0.3, 0.4) is 0 Å². The van der Waals surface area contributed by atoms with E-state index >= 15 is 0 Å². The van der Waals surface area contributed by atoms with Crippen molar-refractivity contribution in [2.24, 2.45) is 0 Å². The Morgan fingerprint density at radius 2 is 1.79 bits per heavy atom. The van der Waals surface area contributed by atoms with Crippen LogP contribution in [0.5, 0.6) is 11.5 Å². The SMILES string of the molecule is COc1ccccc1N1CCN(C(=O)COc2cc(C)c(Cl)cc2C(C)C)CC1. The molecule has 1 heterocycles. The summed E-state index contributed by atoms with van der Waals surface area (Å²) in [4.78, 5) is 16.8. The zero-order valence-corrected chi connectivity index (χ0v) is 18.3. The molecule has 1 amide bonds. The third-order valence-corrected chi connectivity index (χ3v) is 5.73. The van der Waals surface area contributed by atoms with Crippen LogP contribution in [0.1, 0.15) is 30.9 Å². The van der Waals surface area contributed by atoms with E-state index in [-0.39, 0.29) is 18.4 Å². The van der Waals surface area contributed by atoms with Gasteiger partial charge in [-0.2, -0.15) is 0 Å². The molecular formula is C23H29ClN2O3. The fraction of sp³-hybridized carbons (Fsp3) is 0.435. The lowest BCUT2D eigenvalue weighted by Gasteiger charge is -2.36. The van der Waals surface area contributed by atoms with Crippen LogP contribution >= 0.6 is 11.6 Å². The van der Waals surface area contributed by atoms with Gasteiger partial charge in [0.2, 0.25) is 0 Å². The second-order valence-corrected chi connectivity index (χ2v) is 8.03. The molecule has 1 fully saturated rings. The molecule has 2 aromatic rings. The monoisotopic (exact) mass is 416 g/mol. The number of benzene rings is 2. The average Bonchev–Trinajstić information content (AvgIpc) is 2.74. The average molecular weight is 417 g/mol. The molecule has 0 atom stereocenters. The largest absolute Gasteiger partial charge is 0.495 e. The van der Waals surface area contributed by atoms with Gasteiger partial charge in [0.1, 0.15) is 11.5 Å². The molecule has 156 valence electrons. The lowest BCUT2D eigenvalue weighted by Crippen LogP contribution is -2.50. The van der Waals surface area contributed by atoms with Crippen molar-refractivity contribution in [3.8, 4) is 11.5 Å². The Kier molecular flexibility index (Phi) is 6.91. The van der Waals surface area contributed by atoms with Gasteiger partial charge in [-0.05, 0) is 48.2 Å². The van der Waals surface area contributed by atoms with Gasteiger partial charge in [-0.1, -0.05) is 37.6 Å². The topological polar surface area (TPSA) is 42.0 Å². The molecule has 1 aliphatic heterocycles. The van der Waals surface area contributed by atoms with Crippen molar-refractivity contribution in [2.45, 2.75) is 26.7 Å². The minimum absolute atomic E-state index is 0.00647. The summed E-state index contributed by atoms with van der Waals surface area (Å²) in [6.45, 7) is 9.02. The molecule has 0 radical (unpaired) electrons. The summed E-state index contributed by atoms with van der Waals surface area (Å²) in [5.74, 6) is 1.87. The molecule has 0 aromatic heterocycles. The number of halogens is 1. The highest BCUT2D eigenvalue weighted by Gasteiger charge is 2.23. The van der Waals surface area contributed by atoms with E-state index in [1.165, 1.54) is 0 Å². The normalized spacial score (nSPS) is 14.3. The number of hydrogen-bond donors (Lipinski definition) is 0. The van der Waals surface area contributed by atoms with Gasteiger partial charge in [-0.25, -0.2) is 0 Å². The standard InChI is InChI=1S/C23H29ClN2O3/c1-16(2)18-14-19(24)17(3)13-22(18)29-15-23(27)26-11-9-25(10-12-26)20-7-5-6-8-21(20)28-4/h5-8,13-14,16H,9-12,15H2,1-4H3. The zero-order chi connectivity index (χ0) is 21.0. The smallest absolute Gasteiger partial charge is 0.260 e. The zero-order valence-electron chi connectivity index (χ0n) is 17.6. The second kappa shape index (κ2) is 9.40. The van der Waals surface area contributed by atoms with Gasteiger partial charge >= 0.3 is 0 Å². The molecule has 1 aliphatic rings. The quantitative estimate of drug-likeness (QED) is 0.694. The summed E-state index contributed by atoms with van der Waals surface area (Å²) in [5, 5.41) is 0.722. The second-order valence-electron chi connectivity index (χ2n) is 7.62. The number of methoxy groups -OCH3 is 1. The minimum atomic E-state index is 0.00647. The number of carbonyl (C=O) groups excluding carboxylic acids is 1. The van der Waals surface area contributed by atoms with Crippen molar-refractivity contribution in [1.29, 1.82) is 0 Å². The Bertz CT molecular complexity index is 861. The number of carbonyl (C=O) groups is 1. The first kappa shape index (κ1) is 21.3. The van der Waals surface area contributed by atoms with Crippen LogP contribution < -0.4 is 14.4 Å². The molecule has 5 nitrogen and oxygen atoms in total. The van der Waals surface area contributed by atoms with E-state index in [9.17, 15) is 4.79 Å². The van der Waals surface area contributed by atoms with Crippen molar-refractivity contribution < 1.29 is 14.3 Å². The summed E-state index contributed by atoms with van der Waals surface area (Å²) < 4.78 is 11.4. The van der Waals surface area contributed by atoms with Gasteiger partial charge in [0.05, 0.1) is 12.8 Å². The van der Waals surface area contributed by atoms with Crippen LogP contribution in [0, 0.1) is 6.92 Å². The summed E-state index contributed by atoms with van der Waals surface area (Å²) in [6, 6.07) is 11.8. The van der Waals surface area contributed by atoms with Crippen molar-refractivity contribution in [1.82, 2.24) is 4.90 Å². The molecule has 0 bridgehead atoms. The molecule has 2 aromatic carbocycles. The van der Waals surface area contributed by atoms with Crippen molar-refractivity contribution >= 4 is 23.2 Å². The molecule has 0 aliphatic carbocycles. The molecule has 29 heavy (non-hydrogen) atoms. The lowest BCUT2D eigenvalue weighted by molar-refractivity contribution is -0.133. The summed E-state index contributed by atoms with van der Waals surface area (Å²) in [7, 11) is 1.68. The van der Waals surface area contributed by atoms with E-state index in [1.807, 2.05) is 42.2 Å². The van der Waals surface area contributed by atoms with Gasteiger partial charge in [0, 0.05) is 31.2 Å². The van der Waals surface area contributed by atoms with Crippen LogP contribution in [0.4, 0.5) is 5.69 Å². The number of para-hydroxylation sites is 2. The Hall–Kier alpha value is -2.40. The highest BCUT2D eigenvalue weighted by molar-refractivity contribution is 6.31. The first-order valence-electron chi connectivity index (χ1n) is 9.99. The van der Waals surface area contributed by atoms with Crippen LogP contribution in [0.15, 0.2) is 36.4 Å². The summed E-state index contributed by atoms with van der Waals surface area (Å²) in [6.07, 6.45) is 0. The number of rotatable bonds is 6. The van der Waals surface area contributed by atoms with E-state index in [0.717, 1.165) is 46.4 Å². The molecule has 1 saturated heterocycles. The van der Waals surface area contributed by atoms with Crippen molar-refractivity contribution in [3.63, 3.8) is 0 Å². The molecule has 3 rings (SSSR count). The molecule has 0 saturated carbocycles. The van der Waals surface area contributed by atoms with Crippen LogP contribution in [-0.4, -0.2) is 50.7 Å². The van der Waals surface area contributed by atoms with Crippen LogP contribution in [0.2, 0.25) is 5.02 Å². The van der Waals surface area contributed by atoms with Gasteiger partial charge in [-0.3, -0.25) is 4.79 Å². The number of aryl methyl sites for hydroxylation is 1. The fourth-order valence-electron chi connectivity index (χ4n) is 3.57. The Morgan fingerprint density at radius 3 is 2.45 bits per heavy atom. The number of ether oxygens (including phenoxy) is 2. The van der Waals surface area contributed by atoms with E-state index in [2.05, 4.69) is 24.8 Å². The number of nitrogens with zero attached hydrogens (tertiary/aromatic N) is 2. The van der Waals surface area contributed by atoms with Crippen molar-refractivity contribution in [2.75, 3.05) is 44.8 Å². The predicted octanol–water partition coefficient (Wildman–Crippen LogP) is 4.51. The fourth-order valence-corrected chi connectivity index (χ4v) is 3.74. The Morgan fingerprint density at radius 1 is 1.10 bits per heavy atom. The number of amides is 1. The first-order valence-corrected chi connectivity index (χ1v) is 10.4. The highest BCUT2D eigenvalue weighted by atomic mass is 35.5. The predicted molar refractivity (Wildman–Crippen MR) is 118 cm³/mol. The maximum atomic E-state index is 12.7. The van der Waals surface area contributed by atoms with Gasteiger partial charge in [0.15, 0.2) is 6.61 Å². The summed E-state index contributed by atoms with van der Waals surface area (Å²) in [5.41, 5.74) is 3.04. The number of piperazine rings is 1.